The molecule has 0 aliphatic carbocycles. The normalized spacial score (nSPS) is 14.5. The summed E-state index contributed by atoms with van der Waals surface area (Å²) in [6.07, 6.45) is 0. The Labute approximate surface area is 89.3 Å². The van der Waals surface area contributed by atoms with Crippen LogP contribution in [0.5, 0.6) is 0 Å². The van der Waals surface area contributed by atoms with Crippen molar-refractivity contribution in [3.63, 3.8) is 0 Å². The van der Waals surface area contributed by atoms with E-state index in [0.29, 0.717) is 0 Å². The van der Waals surface area contributed by atoms with Crippen molar-refractivity contribution in [1.82, 2.24) is 5.32 Å². The molecule has 0 aromatic heterocycles. The highest BCUT2D eigenvalue weighted by molar-refractivity contribution is 6.30. The quantitative estimate of drug-likeness (QED) is 0.765. The van der Waals surface area contributed by atoms with Crippen LogP contribution in [0, 0.1) is 0 Å². The monoisotopic (exact) mass is 211 g/mol. The van der Waals surface area contributed by atoms with Gasteiger partial charge in [0, 0.05) is 0 Å². The van der Waals surface area contributed by atoms with Gasteiger partial charge in [-0.15, -0.1) is 11.6 Å². The van der Waals surface area contributed by atoms with Crippen LogP contribution in [-0.2, 0) is 4.79 Å². The number of hydrogen-bond acceptors (Lipinski definition) is 1. The predicted molar refractivity (Wildman–Crippen MR) is 58.3 cm³/mol. The first-order valence-corrected chi connectivity index (χ1v) is 5.04. The molecule has 1 aromatic carbocycles. The van der Waals surface area contributed by atoms with Crippen molar-refractivity contribution in [2.24, 2.45) is 0 Å². The lowest BCUT2D eigenvalue weighted by molar-refractivity contribution is -0.121. The minimum Gasteiger partial charge on any atom is -0.348 e. The number of rotatable bonds is 3. The summed E-state index contributed by atoms with van der Waals surface area (Å²) in [6.45, 7) is 3.60. The van der Waals surface area contributed by atoms with Crippen molar-refractivity contribution in [2.75, 3.05) is 0 Å². The number of halogens is 1. The van der Waals surface area contributed by atoms with Gasteiger partial charge in [-0.1, -0.05) is 30.3 Å². The molecule has 0 aliphatic heterocycles. The first kappa shape index (κ1) is 11.1. The summed E-state index contributed by atoms with van der Waals surface area (Å²) in [7, 11) is 0. The lowest BCUT2D eigenvalue weighted by Gasteiger charge is -2.14. The Morgan fingerprint density at radius 2 is 1.86 bits per heavy atom. The predicted octanol–water partition coefficient (Wildman–Crippen LogP) is 2.49. The highest BCUT2D eigenvalue weighted by Gasteiger charge is 2.12. The van der Waals surface area contributed by atoms with E-state index >= 15 is 0 Å². The first-order chi connectivity index (χ1) is 6.61. The van der Waals surface area contributed by atoms with E-state index in [1.54, 1.807) is 6.92 Å². The molecule has 0 spiro atoms. The molecule has 14 heavy (non-hydrogen) atoms. The van der Waals surface area contributed by atoms with Crippen LogP contribution >= 0.6 is 11.6 Å². The molecule has 0 bridgehead atoms. The van der Waals surface area contributed by atoms with Crippen LogP contribution in [0.3, 0.4) is 0 Å². The second-order valence-electron chi connectivity index (χ2n) is 3.26. The van der Waals surface area contributed by atoms with Gasteiger partial charge in [-0.2, -0.15) is 0 Å². The molecule has 1 aromatic rings. The van der Waals surface area contributed by atoms with Gasteiger partial charge in [0.2, 0.25) is 5.91 Å². The van der Waals surface area contributed by atoms with E-state index in [1.165, 1.54) is 0 Å². The standard InChI is InChI=1S/C11H14ClNO/c1-8(12)11(14)13-9(2)10-6-4-3-5-7-10/h3-9H,1-2H3,(H,13,14)/t8-,9?/m1/s1. The lowest BCUT2D eigenvalue weighted by Crippen LogP contribution is -2.31. The van der Waals surface area contributed by atoms with Gasteiger partial charge in [0.15, 0.2) is 0 Å². The Hall–Kier alpha value is -1.02. The van der Waals surface area contributed by atoms with Gasteiger partial charge in [-0.3, -0.25) is 4.79 Å². The zero-order valence-corrected chi connectivity index (χ0v) is 9.08. The fourth-order valence-corrected chi connectivity index (χ4v) is 1.22. The summed E-state index contributed by atoms with van der Waals surface area (Å²) in [5, 5.41) is 2.34. The smallest absolute Gasteiger partial charge is 0.238 e. The van der Waals surface area contributed by atoms with E-state index in [1.807, 2.05) is 37.3 Å². The average molecular weight is 212 g/mol. The molecule has 0 heterocycles. The summed E-state index contributed by atoms with van der Waals surface area (Å²) < 4.78 is 0. The van der Waals surface area contributed by atoms with Crippen molar-refractivity contribution in [2.45, 2.75) is 25.3 Å². The number of amides is 1. The summed E-state index contributed by atoms with van der Waals surface area (Å²) in [6, 6.07) is 9.80. The Balaban J connectivity index is 2.59. The molecule has 1 unspecified atom stereocenters. The van der Waals surface area contributed by atoms with Crippen LogP contribution in [0.2, 0.25) is 0 Å². The average Bonchev–Trinajstić information content (AvgIpc) is 2.19. The molecule has 0 aliphatic rings. The zero-order chi connectivity index (χ0) is 10.6. The summed E-state index contributed by atoms with van der Waals surface area (Å²) in [5.41, 5.74) is 1.08. The van der Waals surface area contributed by atoms with Crippen LogP contribution in [0.15, 0.2) is 30.3 Å². The molecule has 2 nitrogen and oxygen atoms in total. The van der Waals surface area contributed by atoms with Gasteiger partial charge in [0.05, 0.1) is 6.04 Å². The van der Waals surface area contributed by atoms with Crippen LogP contribution in [0.4, 0.5) is 0 Å². The number of alkyl halides is 1. The molecule has 2 atom stereocenters. The number of benzene rings is 1. The maximum atomic E-state index is 11.3. The molecular weight excluding hydrogens is 198 g/mol. The summed E-state index contributed by atoms with van der Waals surface area (Å²) >= 11 is 5.65. The van der Waals surface area contributed by atoms with E-state index in [-0.39, 0.29) is 11.9 Å². The van der Waals surface area contributed by atoms with Gasteiger partial charge in [-0.05, 0) is 19.4 Å². The number of nitrogens with one attached hydrogen (secondary N) is 1. The third-order valence-corrected chi connectivity index (χ3v) is 2.22. The van der Waals surface area contributed by atoms with Gasteiger partial charge in [0.1, 0.15) is 5.38 Å². The van der Waals surface area contributed by atoms with Crippen LogP contribution in [0.1, 0.15) is 25.5 Å². The van der Waals surface area contributed by atoms with Crippen molar-refractivity contribution < 1.29 is 4.79 Å². The molecule has 0 radical (unpaired) electrons. The largest absolute Gasteiger partial charge is 0.348 e. The van der Waals surface area contributed by atoms with E-state index in [9.17, 15) is 4.79 Å². The third kappa shape index (κ3) is 3.04. The second-order valence-corrected chi connectivity index (χ2v) is 3.91. The fraction of sp³-hybridized carbons (Fsp3) is 0.364. The Bertz CT molecular complexity index is 297. The zero-order valence-electron chi connectivity index (χ0n) is 8.33. The highest BCUT2D eigenvalue weighted by Crippen LogP contribution is 2.11. The van der Waals surface area contributed by atoms with Gasteiger partial charge in [-0.25, -0.2) is 0 Å². The second kappa shape index (κ2) is 5.01. The van der Waals surface area contributed by atoms with Crippen LogP contribution < -0.4 is 5.32 Å². The topological polar surface area (TPSA) is 29.1 Å². The molecule has 1 amide bonds. The maximum absolute atomic E-state index is 11.3. The fourth-order valence-electron chi connectivity index (χ4n) is 1.15. The summed E-state index contributed by atoms with van der Waals surface area (Å²) in [4.78, 5) is 11.3. The number of carbonyl (C=O) groups is 1. The molecule has 3 heteroatoms. The van der Waals surface area contributed by atoms with E-state index in [4.69, 9.17) is 11.6 Å². The molecule has 1 rings (SSSR count). The van der Waals surface area contributed by atoms with Crippen LogP contribution in [0.25, 0.3) is 0 Å². The molecule has 76 valence electrons. The lowest BCUT2D eigenvalue weighted by atomic mass is 10.1. The third-order valence-electron chi connectivity index (χ3n) is 2.02. The van der Waals surface area contributed by atoms with Gasteiger partial charge < -0.3 is 5.32 Å². The van der Waals surface area contributed by atoms with E-state index in [0.717, 1.165) is 5.56 Å². The Kier molecular flexibility index (Phi) is 3.96. The molecule has 1 N–H and O–H groups in total. The van der Waals surface area contributed by atoms with E-state index < -0.39 is 5.38 Å². The molecule has 0 saturated carbocycles. The van der Waals surface area contributed by atoms with E-state index in [2.05, 4.69) is 5.32 Å². The molecule has 0 saturated heterocycles. The maximum Gasteiger partial charge on any atom is 0.238 e. The van der Waals surface area contributed by atoms with Crippen molar-refractivity contribution >= 4 is 17.5 Å². The van der Waals surface area contributed by atoms with Crippen molar-refractivity contribution in [3.8, 4) is 0 Å². The van der Waals surface area contributed by atoms with Crippen LogP contribution in [-0.4, -0.2) is 11.3 Å². The van der Waals surface area contributed by atoms with Crippen molar-refractivity contribution in [3.05, 3.63) is 35.9 Å². The Morgan fingerprint density at radius 3 is 2.36 bits per heavy atom. The molecular formula is C11H14ClNO. The summed E-state index contributed by atoms with van der Waals surface area (Å²) in [5.74, 6) is -0.136. The number of carbonyl (C=O) groups excluding carboxylic acids is 1. The SMILES string of the molecule is CC(NC(=O)[C@@H](C)Cl)c1ccccc1. The first-order valence-electron chi connectivity index (χ1n) is 4.60. The van der Waals surface area contributed by atoms with Crippen molar-refractivity contribution in [1.29, 1.82) is 0 Å². The van der Waals surface area contributed by atoms with Gasteiger partial charge in [0.25, 0.3) is 0 Å². The minimum absolute atomic E-state index is 0.00454. The molecule has 0 fully saturated rings. The number of hydrogen-bond donors (Lipinski definition) is 1. The minimum atomic E-state index is -0.485. The highest BCUT2D eigenvalue weighted by atomic mass is 35.5. The Morgan fingerprint density at radius 1 is 1.29 bits per heavy atom. The van der Waals surface area contributed by atoms with Gasteiger partial charge >= 0.3 is 0 Å².